The largest absolute Gasteiger partial charge is 0.497 e. The Bertz CT molecular complexity index is 1850. The number of nitrogens with zero attached hydrogens (tertiary/aromatic N) is 4. The van der Waals surface area contributed by atoms with Gasteiger partial charge < -0.3 is 29.4 Å². The minimum absolute atomic E-state index is 0.000817. The molecule has 4 aromatic rings. The van der Waals surface area contributed by atoms with Crippen LogP contribution in [-0.2, 0) is 13.5 Å². The molecule has 3 N–H and O–H groups in total. The Morgan fingerprint density at radius 1 is 1.07 bits per heavy atom. The lowest BCUT2D eigenvalue weighted by molar-refractivity contribution is 0.103. The highest BCUT2D eigenvalue weighted by Gasteiger charge is 2.31. The smallest absolute Gasteiger partial charge is 0.419 e. The third-order valence-electron chi connectivity index (χ3n) is 8.31. The van der Waals surface area contributed by atoms with E-state index < -0.39 is 11.8 Å². The van der Waals surface area contributed by atoms with E-state index in [1.807, 2.05) is 28.0 Å². The molecule has 44 heavy (non-hydrogen) atoms. The van der Waals surface area contributed by atoms with Crippen molar-refractivity contribution in [3.05, 3.63) is 75.3 Å². The maximum absolute atomic E-state index is 13.7. The molecule has 13 nitrogen and oxygen atoms in total. The number of piperidine rings is 1. The first-order valence-electron chi connectivity index (χ1n) is 14.3. The van der Waals surface area contributed by atoms with Crippen LogP contribution in [0.25, 0.3) is 11.1 Å². The summed E-state index contributed by atoms with van der Waals surface area (Å²) in [6.45, 7) is 3.45. The van der Waals surface area contributed by atoms with Crippen molar-refractivity contribution < 1.29 is 28.6 Å². The molecule has 2 aliphatic rings. The molecule has 2 aromatic carbocycles. The maximum Gasteiger partial charge on any atom is 0.419 e. The van der Waals surface area contributed by atoms with Crippen molar-refractivity contribution in [2.45, 2.75) is 32.2 Å². The number of ether oxygens (including phenoxy) is 1. The molecular formula is C31H32N6O7. The molecule has 3 amide bonds. The van der Waals surface area contributed by atoms with Gasteiger partial charge in [0.05, 0.1) is 12.6 Å². The van der Waals surface area contributed by atoms with Gasteiger partial charge in [-0.25, -0.2) is 19.4 Å². The summed E-state index contributed by atoms with van der Waals surface area (Å²) >= 11 is 0. The molecule has 1 saturated heterocycles. The number of urea groups is 1. The first-order valence-corrected chi connectivity index (χ1v) is 14.3. The summed E-state index contributed by atoms with van der Waals surface area (Å²) < 4.78 is 12.0. The van der Waals surface area contributed by atoms with Crippen molar-refractivity contribution in [2.75, 3.05) is 42.3 Å². The molecule has 0 bridgehead atoms. The highest BCUT2D eigenvalue weighted by atomic mass is 16.5. The van der Waals surface area contributed by atoms with Gasteiger partial charge in [-0.15, -0.1) is 0 Å². The number of carbonyl (C=O) groups excluding carboxylic acids is 2. The van der Waals surface area contributed by atoms with E-state index in [0.717, 1.165) is 17.0 Å². The standard InChI is InChI=1S/C31H32N6O7/c1-17-12-19(14-24-27(17)35(2)31(42)44-24)28(38)20-15-25(34-30(40)41)33-26(16-20)36-9-7-21(8-10-36)37-11-6-18-13-22(43-3)4-5-23(18)32-29(37)39/h4-5,12-16,21H,6-11H2,1-3H3,(H,32,39)(H,33,34)(H,40,41). The molecule has 0 saturated carbocycles. The van der Waals surface area contributed by atoms with Crippen LogP contribution in [0.3, 0.4) is 0 Å². The molecule has 0 radical (unpaired) electrons. The van der Waals surface area contributed by atoms with Crippen molar-refractivity contribution >= 4 is 46.3 Å². The number of methoxy groups -OCH3 is 1. The van der Waals surface area contributed by atoms with Crippen molar-refractivity contribution in [1.82, 2.24) is 14.5 Å². The molecule has 2 aromatic heterocycles. The fraction of sp³-hybridized carbons (Fsp3) is 0.323. The van der Waals surface area contributed by atoms with Gasteiger partial charge in [0.15, 0.2) is 11.4 Å². The minimum Gasteiger partial charge on any atom is -0.497 e. The maximum atomic E-state index is 13.7. The monoisotopic (exact) mass is 600 g/mol. The van der Waals surface area contributed by atoms with Gasteiger partial charge in [0.2, 0.25) is 0 Å². The van der Waals surface area contributed by atoms with Gasteiger partial charge in [0.1, 0.15) is 17.4 Å². The van der Waals surface area contributed by atoms with Crippen LogP contribution in [0, 0.1) is 6.92 Å². The number of carboxylic acid groups (broad SMARTS) is 1. The number of nitrogens with one attached hydrogen (secondary N) is 2. The molecule has 228 valence electrons. The second-order valence-electron chi connectivity index (χ2n) is 11.0. The first kappa shape index (κ1) is 28.8. The van der Waals surface area contributed by atoms with Gasteiger partial charge in [-0.2, -0.15) is 0 Å². The molecule has 0 atom stereocenters. The number of benzene rings is 2. The number of amides is 3. The number of aryl methyl sites for hydroxylation is 2. The van der Waals surface area contributed by atoms with Crippen LogP contribution in [0.15, 0.2) is 51.7 Å². The molecule has 4 heterocycles. The number of rotatable bonds is 6. The Hall–Kier alpha value is -5.33. The molecule has 0 aliphatic carbocycles. The van der Waals surface area contributed by atoms with Crippen molar-refractivity contribution in [1.29, 1.82) is 0 Å². The summed E-state index contributed by atoms with van der Waals surface area (Å²) in [5.41, 5.74) is 3.92. The highest BCUT2D eigenvalue weighted by molar-refractivity contribution is 6.11. The van der Waals surface area contributed by atoms with E-state index in [1.54, 1.807) is 33.2 Å². The van der Waals surface area contributed by atoms with E-state index >= 15 is 0 Å². The second-order valence-corrected chi connectivity index (χ2v) is 11.0. The van der Waals surface area contributed by atoms with Gasteiger partial charge in [0, 0.05) is 49.5 Å². The number of carbonyl (C=O) groups is 3. The summed E-state index contributed by atoms with van der Waals surface area (Å²) in [5, 5.41) is 14.7. The van der Waals surface area contributed by atoms with Gasteiger partial charge >= 0.3 is 17.9 Å². The normalized spacial score (nSPS) is 15.5. The molecule has 6 rings (SSSR count). The Kier molecular flexibility index (Phi) is 7.45. The third kappa shape index (κ3) is 5.43. The number of ketones is 1. The van der Waals surface area contributed by atoms with Crippen LogP contribution in [0.5, 0.6) is 5.75 Å². The van der Waals surface area contributed by atoms with Crippen molar-refractivity contribution in [2.24, 2.45) is 7.05 Å². The van der Waals surface area contributed by atoms with Crippen LogP contribution < -0.4 is 26.0 Å². The van der Waals surface area contributed by atoms with E-state index in [9.17, 15) is 24.3 Å². The topological polar surface area (TPSA) is 159 Å². The predicted octanol–water partition coefficient (Wildman–Crippen LogP) is 4.22. The SMILES string of the molecule is COc1ccc2c(c1)CCN(C1CCN(c3cc(C(=O)c4cc(C)c5c(c4)oc(=O)n5C)cc(NC(=O)O)n3)CC1)C(=O)N2. The number of fused-ring (bicyclic) bond motifs is 2. The minimum atomic E-state index is -1.30. The van der Waals surface area contributed by atoms with Crippen LogP contribution in [0.1, 0.15) is 39.9 Å². The van der Waals surface area contributed by atoms with Crippen molar-refractivity contribution in [3.63, 3.8) is 0 Å². The second kappa shape index (κ2) is 11.4. The summed E-state index contributed by atoms with van der Waals surface area (Å²) in [6.07, 6.45) is 0.717. The molecule has 0 spiro atoms. The average Bonchev–Trinajstić information content (AvgIpc) is 3.19. The Morgan fingerprint density at radius 2 is 1.82 bits per heavy atom. The number of aromatic nitrogens is 2. The van der Waals surface area contributed by atoms with Crippen LogP contribution >= 0.6 is 0 Å². The van der Waals surface area contributed by atoms with E-state index in [-0.39, 0.29) is 29.2 Å². The number of oxazole rings is 1. The molecular weight excluding hydrogens is 568 g/mol. The summed E-state index contributed by atoms with van der Waals surface area (Å²) in [6, 6.07) is 11.7. The number of anilines is 3. The number of hydrogen-bond donors (Lipinski definition) is 3. The fourth-order valence-electron chi connectivity index (χ4n) is 6.10. The lowest BCUT2D eigenvalue weighted by Crippen LogP contribution is -2.49. The van der Waals surface area contributed by atoms with E-state index in [4.69, 9.17) is 9.15 Å². The van der Waals surface area contributed by atoms with Gasteiger partial charge in [-0.3, -0.25) is 14.7 Å². The van der Waals surface area contributed by atoms with Crippen LogP contribution in [0.2, 0.25) is 0 Å². The summed E-state index contributed by atoms with van der Waals surface area (Å²) in [4.78, 5) is 58.7. The predicted molar refractivity (Wildman–Crippen MR) is 163 cm³/mol. The Morgan fingerprint density at radius 3 is 2.55 bits per heavy atom. The lowest BCUT2D eigenvalue weighted by atomic mass is 10.00. The summed E-state index contributed by atoms with van der Waals surface area (Å²) in [7, 11) is 3.21. The first-order chi connectivity index (χ1) is 21.1. The van der Waals surface area contributed by atoms with E-state index in [2.05, 4.69) is 15.6 Å². The Labute approximate surface area is 252 Å². The van der Waals surface area contributed by atoms with Gasteiger partial charge in [-0.1, -0.05) is 0 Å². The number of pyridine rings is 1. The van der Waals surface area contributed by atoms with Crippen LogP contribution in [-0.4, -0.2) is 70.3 Å². The molecule has 2 aliphatic heterocycles. The third-order valence-corrected chi connectivity index (χ3v) is 8.31. The molecule has 0 unspecified atom stereocenters. The zero-order valence-corrected chi connectivity index (χ0v) is 24.5. The zero-order valence-electron chi connectivity index (χ0n) is 24.5. The quantitative estimate of drug-likeness (QED) is 0.275. The Balaban J connectivity index is 1.22. The highest BCUT2D eigenvalue weighted by Crippen LogP contribution is 2.30. The molecule has 13 heteroatoms. The van der Waals surface area contributed by atoms with Gasteiger partial charge in [0.25, 0.3) is 0 Å². The number of hydrogen-bond acceptors (Lipinski definition) is 8. The van der Waals surface area contributed by atoms with Gasteiger partial charge in [-0.05, 0) is 79.8 Å². The zero-order chi connectivity index (χ0) is 31.1. The summed E-state index contributed by atoms with van der Waals surface area (Å²) in [5.74, 6) is 0.308. The van der Waals surface area contributed by atoms with E-state index in [1.165, 1.54) is 16.7 Å². The van der Waals surface area contributed by atoms with E-state index in [0.29, 0.717) is 66.9 Å². The lowest BCUT2D eigenvalue weighted by Gasteiger charge is -2.38. The molecule has 1 fully saturated rings. The van der Waals surface area contributed by atoms with Crippen LogP contribution in [0.4, 0.5) is 26.9 Å². The fourth-order valence-corrected chi connectivity index (χ4v) is 6.10. The average molecular weight is 601 g/mol. The van der Waals surface area contributed by atoms with Crippen molar-refractivity contribution in [3.8, 4) is 5.75 Å².